The molecule has 0 radical (unpaired) electrons. The van der Waals surface area contributed by atoms with E-state index in [0.29, 0.717) is 5.56 Å². The number of fused-ring (bicyclic) bond motifs is 1. The molecule has 0 spiro atoms. The molecule has 0 amide bonds. The van der Waals surface area contributed by atoms with Gasteiger partial charge in [-0.15, -0.1) is 0 Å². The summed E-state index contributed by atoms with van der Waals surface area (Å²) in [6, 6.07) is 11.3. The Balaban J connectivity index is 2.39. The zero-order valence-corrected chi connectivity index (χ0v) is 10.7. The van der Waals surface area contributed by atoms with Crippen LogP contribution in [0.2, 0.25) is 0 Å². The lowest BCUT2D eigenvalue weighted by Gasteiger charge is -2.06. The van der Waals surface area contributed by atoms with Gasteiger partial charge in [0.05, 0.1) is 5.52 Å². The first-order chi connectivity index (χ1) is 10.1. The summed E-state index contributed by atoms with van der Waals surface area (Å²) >= 11 is 0. The van der Waals surface area contributed by atoms with E-state index in [2.05, 4.69) is 9.97 Å². The quantitative estimate of drug-likeness (QED) is 0.667. The number of aromatic nitrogens is 2. The first kappa shape index (κ1) is 12.9. The van der Waals surface area contributed by atoms with Crippen LogP contribution in [0.4, 0.5) is 0 Å². The highest BCUT2D eigenvalue weighted by atomic mass is 16.4. The van der Waals surface area contributed by atoms with E-state index in [1.54, 1.807) is 30.3 Å². The molecule has 0 atom stereocenters. The third-order valence-corrected chi connectivity index (χ3v) is 3.10. The van der Waals surface area contributed by atoms with Crippen LogP contribution in [0.1, 0.15) is 10.4 Å². The smallest absolute Gasteiger partial charge is 0.341 e. The molecule has 1 aromatic heterocycles. The maximum Gasteiger partial charge on any atom is 0.341 e. The molecule has 3 rings (SSSR count). The highest BCUT2D eigenvalue weighted by Gasteiger charge is 2.18. The Morgan fingerprint density at radius 1 is 1.10 bits per heavy atom. The van der Waals surface area contributed by atoms with Crippen molar-refractivity contribution in [1.29, 1.82) is 0 Å². The number of nitrogens with zero attached hydrogens (tertiary/aromatic N) is 1. The number of H-pyrrole nitrogens is 1. The topological polar surface area (TPSA) is 103 Å². The zero-order chi connectivity index (χ0) is 15.0. The summed E-state index contributed by atoms with van der Waals surface area (Å²) in [4.78, 5) is 30.1. The van der Waals surface area contributed by atoms with Crippen LogP contribution in [-0.4, -0.2) is 26.2 Å². The molecule has 0 aliphatic carbocycles. The minimum Gasteiger partial charge on any atom is -0.507 e. The Morgan fingerprint density at radius 2 is 1.81 bits per heavy atom. The summed E-state index contributed by atoms with van der Waals surface area (Å²) in [5, 5.41) is 18.9. The lowest BCUT2D eigenvalue weighted by molar-refractivity contribution is 0.0696. The van der Waals surface area contributed by atoms with Crippen LogP contribution in [-0.2, 0) is 0 Å². The van der Waals surface area contributed by atoms with Crippen LogP contribution in [0, 0.1) is 0 Å². The number of carbonyl (C=O) groups is 1. The molecule has 3 N–H and O–H groups in total. The SMILES string of the molecule is O=C(O)c1c(O)ccc2[nH]c(=O)c(-c3ccccc3)nc12. The third-order valence-electron chi connectivity index (χ3n) is 3.10. The van der Waals surface area contributed by atoms with E-state index < -0.39 is 17.3 Å². The third kappa shape index (κ3) is 2.12. The highest BCUT2D eigenvalue weighted by molar-refractivity contribution is 6.03. The number of hydrogen-bond acceptors (Lipinski definition) is 4. The molecule has 1 heterocycles. The van der Waals surface area contributed by atoms with Crippen molar-refractivity contribution in [2.45, 2.75) is 0 Å². The van der Waals surface area contributed by atoms with Crippen LogP contribution in [0.15, 0.2) is 47.3 Å². The van der Waals surface area contributed by atoms with Crippen LogP contribution < -0.4 is 5.56 Å². The van der Waals surface area contributed by atoms with E-state index in [9.17, 15) is 19.8 Å². The number of aromatic carboxylic acids is 1. The Bertz CT molecular complexity index is 901. The summed E-state index contributed by atoms with van der Waals surface area (Å²) in [6.07, 6.45) is 0. The average Bonchev–Trinajstić information content (AvgIpc) is 2.47. The number of rotatable bonds is 2. The molecule has 0 aliphatic rings. The molecule has 0 fully saturated rings. The van der Waals surface area contributed by atoms with Crippen molar-refractivity contribution in [2.75, 3.05) is 0 Å². The normalized spacial score (nSPS) is 10.7. The van der Waals surface area contributed by atoms with Crippen LogP contribution in [0.3, 0.4) is 0 Å². The van der Waals surface area contributed by atoms with E-state index in [-0.39, 0.29) is 22.3 Å². The van der Waals surface area contributed by atoms with E-state index in [4.69, 9.17) is 0 Å². The average molecular weight is 282 g/mol. The molecule has 0 saturated heterocycles. The van der Waals surface area contributed by atoms with Crippen molar-refractivity contribution in [2.24, 2.45) is 0 Å². The summed E-state index contributed by atoms with van der Waals surface area (Å²) < 4.78 is 0. The van der Waals surface area contributed by atoms with Gasteiger partial charge in [-0.05, 0) is 12.1 Å². The predicted octanol–water partition coefficient (Wildman–Crippen LogP) is 1.99. The molecular weight excluding hydrogens is 272 g/mol. The van der Waals surface area contributed by atoms with Crippen molar-refractivity contribution >= 4 is 17.0 Å². The number of aromatic hydroxyl groups is 1. The van der Waals surface area contributed by atoms with Crippen LogP contribution in [0.5, 0.6) is 5.75 Å². The lowest BCUT2D eigenvalue weighted by Crippen LogP contribution is -2.13. The molecule has 3 aromatic rings. The van der Waals surface area contributed by atoms with Crippen molar-refractivity contribution in [3.8, 4) is 17.0 Å². The number of nitrogens with one attached hydrogen (secondary N) is 1. The molecule has 2 aromatic carbocycles. The summed E-state index contributed by atoms with van der Waals surface area (Å²) in [6.45, 7) is 0. The van der Waals surface area contributed by atoms with Gasteiger partial charge >= 0.3 is 5.97 Å². The molecule has 0 unspecified atom stereocenters. The van der Waals surface area contributed by atoms with Gasteiger partial charge in [-0.2, -0.15) is 0 Å². The van der Waals surface area contributed by atoms with Gasteiger partial charge in [-0.3, -0.25) is 4.79 Å². The largest absolute Gasteiger partial charge is 0.507 e. The van der Waals surface area contributed by atoms with E-state index >= 15 is 0 Å². The van der Waals surface area contributed by atoms with Crippen molar-refractivity contribution in [3.05, 3.63) is 58.4 Å². The summed E-state index contributed by atoms with van der Waals surface area (Å²) in [5.74, 6) is -1.70. The Morgan fingerprint density at radius 3 is 2.48 bits per heavy atom. The minimum absolute atomic E-state index is 0.0425. The Hall–Kier alpha value is -3.15. The number of hydrogen-bond donors (Lipinski definition) is 3. The maximum atomic E-state index is 12.1. The number of carboxylic acid groups (broad SMARTS) is 1. The second kappa shape index (κ2) is 4.75. The van der Waals surface area contributed by atoms with Crippen molar-refractivity contribution in [1.82, 2.24) is 9.97 Å². The molecule has 0 aliphatic heterocycles. The van der Waals surface area contributed by atoms with E-state index in [1.165, 1.54) is 12.1 Å². The predicted molar refractivity (Wildman–Crippen MR) is 76.4 cm³/mol. The summed E-state index contributed by atoms with van der Waals surface area (Å²) in [5.41, 5.74) is 0.226. The van der Waals surface area contributed by atoms with Gasteiger partial charge in [0.1, 0.15) is 22.5 Å². The van der Waals surface area contributed by atoms with Crippen LogP contribution in [0.25, 0.3) is 22.3 Å². The lowest BCUT2D eigenvalue weighted by atomic mass is 10.1. The van der Waals surface area contributed by atoms with Crippen LogP contribution >= 0.6 is 0 Å². The van der Waals surface area contributed by atoms with Gasteiger partial charge < -0.3 is 15.2 Å². The fraction of sp³-hybridized carbons (Fsp3) is 0. The summed E-state index contributed by atoms with van der Waals surface area (Å²) in [7, 11) is 0. The van der Waals surface area contributed by atoms with E-state index in [0.717, 1.165) is 0 Å². The molecule has 21 heavy (non-hydrogen) atoms. The highest BCUT2D eigenvalue weighted by Crippen LogP contribution is 2.25. The van der Waals surface area contributed by atoms with Gasteiger partial charge in [-0.1, -0.05) is 30.3 Å². The molecule has 0 bridgehead atoms. The first-order valence-corrected chi connectivity index (χ1v) is 6.12. The van der Waals surface area contributed by atoms with Gasteiger partial charge in [0.25, 0.3) is 5.56 Å². The number of benzene rings is 2. The Labute approximate surface area is 118 Å². The fourth-order valence-electron chi connectivity index (χ4n) is 2.14. The maximum absolute atomic E-state index is 12.1. The standard InChI is InChI=1S/C15H10N2O4/c18-10-7-6-9-13(11(10)15(20)21)17-12(14(19)16-9)8-4-2-1-3-5-8/h1-7,18H,(H,16,19)(H,20,21). The number of phenols is 1. The van der Waals surface area contributed by atoms with Gasteiger partial charge in [0, 0.05) is 5.56 Å². The molecule has 0 saturated carbocycles. The monoisotopic (exact) mass is 282 g/mol. The molecular formula is C15H10N2O4. The molecule has 6 heteroatoms. The van der Waals surface area contributed by atoms with E-state index in [1.807, 2.05) is 0 Å². The second-order valence-corrected chi connectivity index (χ2v) is 4.44. The van der Waals surface area contributed by atoms with Gasteiger partial charge in [-0.25, -0.2) is 9.78 Å². The zero-order valence-electron chi connectivity index (χ0n) is 10.7. The number of carboxylic acids is 1. The van der Waals surface area contributed by atoms with Gasteiger partial charge in [0.15, 0.2) is 0 Å². The molecule has 6 nitrogen and oxygen atoms in total. The minimum atomic E-state index is -1.31. The van der Waals surface area contributed by atoms with Crippen molar-refractivity contribution in [3.63, 3.8) is 0 Å². The van der Waals surface area contributed by atoms with Crippen molar-refractivity contribution < 1.29 is 15.0 Å². The fourth-order valence-corrected chi connectivity index (χ4v) is 2.14. The Kier molecular flexibility index (Phi) is 2.91. The molecule has 104 valence electrons. The second-order valence-electron chi connectivity index (χ2n) is 4.44. The number of aromatic amines is 1. The first-order valence-electron chi connectivity index (χ1n) is 6.12. The van der Waals surface area contributed by atoms with Gasteiger partial charge in [0.2, 0.25) is 0 Å².